The molecule has 0 bridgehead atoms. The Hall–Kier alpha value is -0.660. The molecule has 0 amide bonds. The first-order valence-electron chi connectivity index (χ1n) is 3.93. The fraction of sp³-hybridized carbons (Fsp3) is 0.833. The molecule has 0 unspecified atom stereocenters. The number of hydrogen-bond donors (Lipinski definition) is 3. The Labute approximate surface area is 76.5 Å². The van der Waals surface area contributed by atoms with Gasteiger partial charge in [-0.15, -0.1) is 0 Å². The van der Waals surface area contributed by atoms with Crippen molar-refractivity contribution in [2.24, 2.45) is 0 Å². The molecule has 1 rings (SSSR count). The van der Waals surface area contributed by atoms with E-state index in [0.717, 1.165) is 12.8 Å². The van der Waals surface area contributed by atoms with Gasteiger partial charge >= 0.3 is 5.97 Å². The molecule has 13 heavy (non-hydrogen) atoms. The van der Waals surface area contributed by atoms with Crippen LogP contribution in [0.15, 0.2) is 0 Å². The minimum Gasteiger partial charge on any atom is -0.480 e. The summed E-state index contributed by atoms with van der Waals surface area (Å²) in [5.41, 5.74) is 0. The van der Waals surface area contributed by atoms with Crippen molar-refractivity contribution in [3.8, 4) is 0 Å². The Kier molecular flexibility index (Phi) is 2.89. The molecular weight excluding hydrogens is 196 g/mol. The maximum atomic E-state index is 11.1. The fourth-order valence-corrected chi connectivity index (χ4v) is 2.05. The Morgan fingerprint density at radius 1 is 1.54 bits per heavy atom. The number of hydrogen-bond acceptors (Lipinski definition) is 3. The van der Waals surface area contributed by atoms with Gasteiger partial charge in [-0.25, -0.2) is 0 Å². The van der Waals surface area contributed by atoms with E-state index in [9.17, 15) is 13.2 Å². The van der Waals surface area contributed by atoms with Gasteiger partial charge in [-0.05, 0) is 19.8 Å². The van der Waals surface area contributed by atoms with Crippen LogP contribution in [0.2, 0.25) is 0 Å². The van der Waals surface area contributed by atoms with Crippen LogP contribution >= 0.6 is 0 Å². The molecule has 7 heteroatoms. The molecule has 0 saturated heterocycles. The van der Waals surface area contributed by atoms with E-state index in [1.165, 1.54) is 6.92 Å². The van der Waals surface area contributed by atoms with Gasteiger partial charge in [-0.2, -0.15) is 17.9 Å². The number of carbonyl (C=O) groups is 1. The molecule has 1 aliphatic rings. The van der Waals surface area contributed by atoms with Crippen LogP contribution in [0.3, 0.4) is 0 Å². The molecule has 1 fully saturated rings. The van der Waals surface area contributed by atoms with Crippen molar-refractivity contribution in [1.29, 1.82) is 0 Å². The monoisotopic (exact) mass is 208 g/mol. The molecule has 0 radical (unpaired) electrons. The Morgan fingerprint density at radius 3 is 2.46 bits per heavy atom. The van der Waals surface area contributed by atoms with Gasteiger partial charge in [0, 0.05) is 6.04 Å². The largest absolute Gasteiger partial charge is 0.480 e. The second-order valence-corrected chi connectivity index (χ2v) is 4.55. The molecule has 6 nitrogen and oxygen atoms in total. The second-order valence-electron chi connectivity index (χ2n) is 3.07. The summed E-state index contributed by atoms with van der Waals surface area (Å²) in [7, 11) is -3.64. The Bertz CT molecular complexity index is 296. The van der Waals surface area contributed by atoms with Crippen molar-refractivity contribution in [3.05, 3.63) is 0 Å². The van der Waals surface area contributed by atoms with Crippen LogP contribution in [0.1, 0.15) is 19.8 Å². The molecule has 76 valence electrons. The first-order chi connectivity index (χ1) is 5.91. The summed E-state index contributed by atoms with van der Waals surface area (Å²) < 4.78 is 26.5. The number of nitrogens with one attached hydrogen (secondary N) is 2. The predicted molar refractivity (Wildman–Crippen MR) is 45.3 cm³/mol. The summed E-state index contributed by atoms with van der Waals surface area (Å²) in [6, 6.07) is -1.12. The molecular formula is C6H12N2O4S. The molecule has 0 aromatic heterocycles. The highest BCUT2D eigenvalue weighted by atomic mass is 32.2. The number of rotatable bonds is 5. The smallest absolute Gasteiger partial charge is 0.321 e. The molecule has 0 aromatic carbocycles. The van der Waals surface area contributed by atoms with Gasteiger partial charge in [0.25, 0.3) is 10.2 Å². The lowest BCUT2D eigenvalue weighted by molar-refractivity contribution is -0.138. The maximum Gasteiger partial charge on any atom is 0.321 e. The van der Waals surface area contributed by atoms with Gasteiger partial charge in [0.2, 0.25) is 0 Å². The Morgan fingerprint density at radius 2 is 2.08 bits per heavy atom. The van der Waals surface area contributed by atoms with E-state index in [4.69, 9.17) is 5.11 Å². The Balaban J connectivity index is 2.45. The minimum absolute atomic E-state index is 0.0153. The summed E-state index contributed by atoms with van der Waals surface area (Å²) in [6.45, 7) is 1.27. The van der Waals surface area contributed by atoms with E-state index in [0.29, 0.717) is 0 Å². The maximum absolute atomic E-state index is 11.1. The standard InChI is InChI=1S/C6H12N2O4S/c1-4(6(9)10)7-13(11,12)8-5-2-3-5/h4-5,7-8H,2-3H2,1H3,(H,9,10)/t4-/m0/s1. The molecule has 0 heterocycles. The summed E-state index contributed by atoms with van der Waals surface area (Å²) >= 11 is 0. The number of carboxylic acids is 1. The van der Waals surface area contributed by atoms with Crippen LogP contribution in [-0.2, 0) is 15.0 Å². The van der Waals surface area contributed by atoms with Crippen LogP contribution in [0, 0.1) is 0 Å². The molecule has 0 aliphatic heterocycles. The lowest BCUT2D eigenvalue weighted by atomic mass is 10.4. The zero-order valence-electron chi connectivity index (χ0n) is 7.15. The highest BCUT2D eigenvalue weighted by Crippen LogP contribution is 2.19. The van der Waals surface area contributed by atoms with Crippen LogP contribution in [0.25, 0.3) is 0 Å². The molecule has 3 N–H and O–H groups in total. The van der Waals surface area contributed by atoms with Gasteiger partial charge in [-0.1, -0.05) is 0 Å². The topological polar surface area (TPSA) is 95.5 Å². The van der Waals surface area contributed by atoms with E-state index in [-0.39, 0.29) is 6.04 Å². The van der Waals surface area contributed by atoms with E-state index < -0.39 is 22.2 Å². The average Bonchev–Trinajstić information content (AvgIpc) is 2.69. The van der Waals surface area contributed by atoms with Crippen molar-refractivity contribution in [1.82, 2.24) is 9.44 Å². The number of carboxylic acid groups (broad SMARTS) is 1. The van der Waals surface area contributed by atoms with Gasteiger partial charge in [0.15, 0.2) is 0 Å². The highest BCUT2D eigenvalue weighted by Gasteiger charge is 2.28. The second kappa shape index (κ2) is 3.60. The quantitative estimate of drug-likeness (QED) is 0.542. The van der Waals surface area contributed by atoms with Crippen molar-refractivity contribution in [3.63, 3.8) is 0 Å². The molecule has 0 spiro atoms. The van der Waals surface area contributed by atoms with Crippen molar-refractivity contribution in [2.45, 2.75) is 31.8 Å². The summed E-state index contributed by atoms with van der Waals surface area (Å²) in [5.74, 6) is -1.19. The lowest BCUT2D eigenvalue weighted by Gasteiger charge is -2.09. The van der Waals surface area contributed by atoms with Crippen molar-refractivity contribution >= 4 is 16.2 Å². The van der Waals surface area contributed by atoms with E-state index in [1.54, 1.807) is 0 Å². The highest BCUT2D eigenvalue weighted by molar-refractivity contribution is 7.87. The molecule has 1 saturated carbocycles. The van der Waals surface area contributed by atoms with Crippen LogP contribution in [0.5, 0.6) is 0 Å². The van der Waals surface area contributed by atoms with Gasteiger partial charge in [-0.3, -0.25) is 4.79 Å². The van der Waals surface area contributed by atoms with Gasteiger partial charge in [0.05, 0.1) is 0 Å². The summed E-state index contributed by atoms with van der Waals surface area (Å²) in [6.07, 6.45) is 1.64. The van der Waals surface area contributed by atoms with Crippen LogP contribution < -0.4 is 9.44 Å². The summed E-state index contributed by atoms with van der Waals surface area (Å²) in [5, 5.41) is 8.44. The minimum atomic E-state index is -3.64. The van der Waals surface area contributed by atoms with E-state index in [1.807, 2.05) is 4.72 Å². The van der Waals surface area contributed by atoms with Crippen LogP contribution in [0.4, 0.5) is 0 Å². The normalized spacial score (nSPS) is 19.8. The third-order valence-corrected chi connectivity index (χ3v) is 2.91. The third-order valence-electron chi connectivity index (χ3n) is 1.60. The van der Waals surface area contributed by atoms with Gasteiger partial charge < -0.3 is 5.11 Å². The first kappa shape index (κ1) is 10.4. The SMILES string of the molecule is C[C@H](NS(=O)(=O)NC1CC1)C(=O)O. The molecule has 0 aromatic rings. The number of aliphatic carboxylic acids is 1. The zero-order chi connectivity index (χ0) is 10.1. The summed E-state index contributed by atoms with van der Waals surface area (Å²) in [4.78, 5) is 10.3. The van der Waals surface area contributed by atoms with Crippen LogP contribution in [-0.4, -0.2) is 31.6 Å². The van der Waals surface area contributed by atoms with Crippen molar-refractivity contribution < 1.29 is 18.3 Å². The fourth-order valence-electron chi connectivity index (χ4n) is 0.738. The molecule has 1 atom stereocenters. The lowest BCUT2D eigenvalue weighted by Crippen LogP contribution is -2.45. The van der Waals surface area contributed by atoms with Gasteiger partial charge in [0.1, 0.15) is 6.04 Å². The zero-order valence-corrected chi connectivity index (χ0v) is 7.97. The van der Waals surface area contributed by atoms with E-state index >= 15 is 0 Å². The predicted octanol–water partition coefficient (Wildman–Crippen LogP) is -0.954. The third kappa shape index (κ3) is 3.71. The van der Waals surface area contributed by atoms with Crippen molar-refractivity contribution in [2.75, 3.05) is 0 Å². The average molecular weight is 208 g/mol. The molecule has 1 aliphatic carbocycles. The first-order valence-corrected chi connectivity index (χ1v) is 5.41. The van der Waals surface area contributed by atoms with E-state index in [2.05, 4.69) is 4.72 Å².